The molecule has 0 aliphatic carbocycles. The Morgan fingerprint density at radius 1 is 0.660 bits per heavy atom. The Balaban J connectivity index is 1.58. The highest BCUT2D eigenvalue weighted by Gasteiger charge is 2.51. The van der Waals surface area contributed by atoms with E-state index in [2.05, 4.69) is 0 Å². The maximum Gasteiger partial charge on any atom is 0.338 e. The Hall–Kier alpha value is -5.97. The van der Waals surface area contributed by atoms with E-state index in [9.17, 15) is 60.3 Å². The summed E-state index contributed by atoms with van der Waals surface area (Å²) in [7, 11) is 0. The second-order valence-corrected chi connectivity index (χ2v) is 9.95. The lowest BCUT2D eigenvalue weighted by atomic mass is 9.98. The molecule has 5 atom stereocenters. The van der Waals surface area contributed by atoms with Crippen molar-refractivity contribution in [3.8, 4) is 40.2 Å². The maximum absolute atomic E-state index is 13.0. The van der Waals surface area contributed by atoms with Crippen LogP contribution < -0.4 is 0 Å². The molecule has 4 rings (SSSR count). The Kier molecular flexibility index (Phi) is 10.4. The molecule has 1 saturated heterocycles. The molecular weight excluding hydrogens is 628 g/mol. The number of esters is 3. The van der Waals surface area contributed by atoms with Gasteiger partial charge in [-0.05, 0) is 59.7 Å². The molecule has 9 N–H and O–H groups in total. The first-order chi connectivity index (χ1) is 22.3. The number of hydrogen-bond donors (Lipinski definition) is 9. The molecule has 3 aromatic carbocycles. The zero-order valence-electron chi connectivity index (χ0n) is 23.9. The van der Waals surface area contributed by atoms with Crippen molar-refractivity contribution in [1.29, 1.82) is 0 Å². The molecule has 16 nitrogen and oxygen atoms in total. The molecule has 0 bridgehead atoms. The van der Waals surface area contributed by atoms with Gasteiger partial charge in [-0.3, -0.25) is 0 Å². The van der Waals surface area contributed by atoms with Crippen LogP contribution in [-0.4, -0.2) is 101 Å². The average Bonchev–Trinajstić information content (AvgIpc) is 3.03. The minimum atomic E-state index is -2.05. The highest BCUT2D eigenvalue weighted by atomic mass is 16.7. The van der Waals surface area contributed by atoms with Gasteiger partial charge in [0.25, 0.3) is 0 Å². The van der Waals surface area contributed by atoms with Crippen molar-refractivity contribution in [3.63, 3.8) is 0 Å². The van der Waals surface area contributed by atoms with E-state index in [0.717, 1.165) is 42.5 Å². The Morgan fingerprint density at radius 3 is 1.66 bits per heavy atom. The first kappa shape index (κ1) is 33.9. The van der Waals surface area contributed by atoms with Crippen LogP contribution in [0.1, 0.15) is 21.5 Å². The van der Waals surface area contributed by atoms with Gasteiger partial charge in [-0.2, -0.15) is 0 Å². The van der Waals surface area contributed by atoms with E-state index < -0.39 is 101 Å². The molecule has 3 aromatic rings. The van der Waals surface area contributed by atoms with Gasteiger partial charge in [0.2, 0.25) is 6.29 Å². The van der Waals surface area contributed by atoms with Crippen molar-refractivity contribution < 1.29 is 79.3 Å². The van der Waals surface area contributed by atoms with Crippen LogP contribution in [0.3, 0.4) is 0 Å². The molecule has 0 unspecified atom stereocenters. The molecule has 248 valence electrons. The smallest absolute Gasteiger partial charge is 0.338 e. The Labute approximate surface area is 264 Å². The van der Waals surface area contributed by atoms with Crippen molar-refractivity contribution >= 4 is 30.1 Å². The fourth-order valence-corrected chi connectivity index (χ4v) is 4.27. The van der Waals surface area contributed by atoms with Crippen LogP contribution in [0.5, 0.6) is 40.2 Å². The molecule has 47 heavy (non-hydrogen) atoms. The summed E-state index contributed by atoms with van der Waals surface area (Å²) >= 11 is 0. The molecule has 1 fully saturated rings. The predicted octanol–water partition coefficient (Wildman–Crippen LogP) is 1.11. The number of carbonyl (C=O) groups excluding carboxylic acids is 3. The summed E-state index contributed by atoms with van der Waals surface area (Å²) in [4.78, 5) is 38.3. The van der Waals surface area contributed by atoms with Gasteiger partial charge in [0.05, 0.1) is 12.2 Å². The number of rotatable bonds is 9. The fourth-order valence-electron chi connectivity index (χ4n) is 4.27. The molecule has 1 aliphatic heterocycles. The van der Waals surface area contributed by atoms with E-state index in [1.54, 1.807) is 0 Å². The van der Waals surface area contributed by atoms with E-state index >= 15 is 0 Å². The van der Waals surface area contributed by atoms with Gasteiger partial charge in [-0.15, -0.1) is 0 Å². The molecule has 16 heteroatoms. The summed E-state index contributed by atoms with van der Waals surface area (Å²) in [5.41, 5.74) is 0.0166. The minimum absolute atomic E-state index is 0.244. The fraction of sp³-hybridized carbons (Fsp3) is 0.194. The summed E-state index contributed by atoms with van der Waals surface area (Å²) in [5, 5.41) is 88.5. The number of benzene rings is 3. The van der Waals surface area contributed by atoms with Gasteiger partial charge in [0.1, 0.15) is 6.10 Å². The zero-order chi connectivity index (χ0) is 34.4. The van der Waals surface area contributed by atoms with Crippen LogP contribution >= 0.6 is 0 Å². The molecule has 0 aromatic heterocycles. The average molecular weight is 657 g/mol. The number of carbonyl (C=O) groups is 3. The maximum atomic E-state index is 13.0. The molecule has 1 heterocycles. The normalized spacial score (nSPS) is 21.0. The van der Waals surface area contributed by atoms with Crippen LogP contribution in [0.4, 0.5) is 0 Å². The summed E-state index contributed by atoms with van der Waals surface area (Å²) in [5.74, 6) is -8.00. The van der Waals surface area contributed by atoms with E-state index in [-0.39, 0.29) is 11.1 Å². The molecule has 0 spiro atoms. The summed E-state index contributed by atoms with van der Waals surface area (Å²) in [6, 6.07) is 8.78. The lowest BCUT2D eigenvalue weighted by molar-refractivity contribution is -0.292. The monoisotopic (exact) mass is 656 g/mol. The highest BCUT2D eigenvalue weighted by Crippen LogP contribution is 2.36. The van der Waals surface area contributed by atoms with Crippen LogP contribution in [0.15, 0.2) is 60.7 Å². The van der Waals surface area contributed by atoms with Gasteiger partial charge >= 0.3 is 17.9 Å². The summed E-state index contributed by atoms with van der Waals surface area (Å²) in [6.45, 7) is -0.940. The van der Waals surface area contributed by atoms with E-state index in [0.29, 0.717) is 0 Å². The van der Waals surface area contributed by atoms with Crippen molar-refractivity contribution in [3.05, 3.63) is 77.4 Å². The topological polar surface area (TPSA) is 270 Å². The van der Waals surface area contributed by atoms with Crippen LogP contribution in [0, 0.1) is 0 Å². The van der Waals surface area contributed by atoms with E-state index in [4.69, 9.17) is 18.9 Å². The quantitative estimate of drug-likeness (QED) is 0.0675. The van der Waals surface area contributed by atoms with Gasteiger partial charge in [-0.1, -0.05) is 12.1 Å². The van der Waals surface area contributed by atoms with Crippen LogP contribution in [0.2, 0.25) is 0 Å². The first-order valence-electron chi connectivity index (χ1n) is 13.5. The third-order valence-corrected chi connectivity index (χ3v) is 6.65. The molecular formula is C31H28O16. The molecule has 0 amide bonds. The second kappa shape index (κ2) is 14.4. The number of aliphatic hydroxyl groups is 2. The summed E-state index contributed by atoms with van der Waals surface area (Å²) < 4.78 is 21.3. The lowest BCUT2D eigenvalue weighted by Crippen LogP contribution is -2.62. The van der Waals surface area contributed by atoms with Gasteiger partial charge in [0, 0.05) is 12.2 Å². The Bertz CT molecular complexity index is 1690. The zero-order valence-corrected chi connectivity index (χ0v) is 23.9. The molecule has 0 radical (unpaired) electrons. The van der Waals surface area contributed by atoms with Crippen molar-refractivity contribution in [1.82, 2.24) is 0 Å². The Morgan fingerprint density at radius 2 is 1.17 bits per heavy atom. The number of phenols is 7. The number of phenolic OH excluding ortho intramolecular Hbond substituents is 7. The number of aliphatic hydroxyl groups excluding tert-OH is 2. The standard InChI is InChI=1S/C31H28O16/c32-13-23-28(47-30(43)16-11-21(37)26(41)22(38)12-16)29(45-24(39)7-3-14-1-5-17(33)19(35)9-14)27(42)31(44-23)46-25(40)8-4-15-2-6-18(34)20(36)10-15/h1-12,23,27-29,31-38,41-42H,13H2/b7-3+,8-4+/t23-,27-,28-,29-,31+/m1/s1. The second-order valence-electron chi connectivity index (χ2n) is 9.95. The van der Waals surface area contributed by atoms with E-state index in [1.165, 1.54) is 30.4 Å². The first-order valence-corrected chi connectivity index (χ1v) is 13.5. The highest BCUT2D eigenvalue weighted by molar-refractivity contribution is 5.91. The van der Waals surface area contributed by atoms with Gasteiger partial charge in [-0.25, -0.2) is 14.4 Å². The van der Waals surface area contributed by atoms with Gasteiger partial charge in [0.15, 0.2) is 58.6 Å². The van der Waals surface area contributed by atoms with Gasteiger partial charge < -0.3 is 64.9 Å². The van der Waals surface area contributed by atoms with Crippen LogP contribution in [0.25, 0.3) is 12.2 Å². The van der Waals surface area contributed by atoms with Crippen molar-refractivity contribution in [2.24, 2.45) is 0 Å². The minimum Gasteiger partial charge on any atom is -0.504 e. The third kappa shape index (κ3) is 8.20. The molecule has 0 saturated carbocycles. The molecule has 1 aliphatic rings. The SMILES string of the molecule is O=C(/C=C/c1ccc(O)c(O)c1)O[C@@H]1O[C@H](CO)[C@@H](OC(=O)c2cc(O)c(O)c(O)c2)[C@H](OC(=O)/C=C/c2ccc(O)c(O)c2)[C@H]1O. The van der Waals surface area contributed by atoms with Crippen molar-refractivity contribution in [2.45, 2.75) is 30.7 Å². The predicted molar refractivity (Wildman–Crippen MR) is 156 cm³/mol. The summed E-state index contributed by atoms with van der Waals surface area (Å²) in [6.07, 6.45) is -5.15. The number of ether oxygens (including phenoxy) is 4. The lowest BCUT2D eigenvalue weighted by Gasteiger charge is -2.42. The third-order valence-electron chi connectivity index (χ3n) is 6.65. The largest absolute Gasteiger partial charge is 0.504 e. The number of hydrogen-bond acceptors (Lipinski definition) is 16. The van der Waals surface area contributed by atoms with Crippen LogP contribution in [-0.2, 0) is 28.5 Å². The number of aromatic hydroxyl groups is 7. The van der Waals surface area contributed by atoms with E-state index in [1.807, 2.05) is 0 Å². The van der Waals surface area contributed by atoms with Crippen molar-refractivity contribution in [2.75, 3.05) is 6.61 Å².